The maximum Gasteiger partial charge on any atom is 0.0234 e. The molecule has 2 aliphatic heterocycles. The molecule has 0 saturated carbocycles. The Balaban J connectivity index is 0.000000244. The molecule has 32 heavy (non-hydrogen) atoms. The minimum Gasteiger partial charge on any atom is -0.313 e. The Kier molecular flexibility index (Phi) is 13.4. The van der Waals surface area contributed by atoms with E-state index in [0.717, 1.165) is 19.6 Å². The highest BCUT2D eigenvalue weighted by atomic mass is 15.3. The topological polar surface area (TPSA) is 37.0 Å². The molecular weight excluding hydrogens is 396 g/mol. The van der Waals surface area contributed by atoms with Gasteiger partial charge in [0.05, 0.1) is 0 Å². The molecule has 1 aromatic rings. The second-order valence-electron chi connectivity index (χ2n) is 9.97. The minimum atomic E-state index is 0.597. The van der Waals surface area contributed by atoms with Gasteiger partial charge in [-0.25, -0.2) is 0 Å². The largest absolute Gasteiger partial charge is 0.313 e. The molecular formula is C26H50N6. The summed E-state index contributed by atoms with van der Waals surface area (Å²) in [5.74, 6) is 0. The van der Waals surface area contributed by atoms with Gasteiger partial charge in [-0.3, -0.25) is 14.7 Å². The van der Waals surface area contributed by atoms with E-state index in [1.165, 1.54) is 71.0 Å². The smallest absolute Gasteiger partial charge is 0.0234 e. The maximum atomic E-state index is 3.49. The lowest BCUT2D eigenvalue weighted by Crippen LogP contribution is -2.48. The highest BCUT2D eigenvalue weighted by Crippen LogP contribution is 2.08. The number of piperazine rings is 2. The van der Waals surface area contributed by atoms with E-state index in [0.29, 0.717) is 12.1 Å². The maximum absolute atomic E-state index is 3.49. The van der Waals surface area contributed by atoms with Crippen LogP contribution in [0.3, 0.4) is 0 Å². The van der Waals surface area contributed by atoms with Gasteiger partial charge < -0.3 is 15.5 Å². The van der Waals surface area contributed by atoms with Crippen LogP contribution in [0.2, 0.25) is 0 Å². The molecule has 6 heteroatoms. The first kappa shape index (κ1) is 27.2. The first-order chi connectivity index (χ1) is 15.4. The van der Waals surface area contributed by atoms with Gasteiger partial charge in [-0.05, 0) is 12.6 Å². The van der Waals surface area contributed by atoms with Gasteiger partial charge in [0.2, 0.25) is 0 Å². The van der Waals surface area contributed by atoms with Gasteiger partial charge in [0.1, 0.15) is 0 Å². The van der Waals surface area contributed by atoms with Gasteiger partial charge >= 0.3 is 0 Å². The van der Waals surface area contributed by atoms with Crippen molar-refractivity contribution in [2.75, 3.05) is 85.6 Å². The highest BCUT2D eigenvalue weighted by molar-refractivity contribution is 5.14. The Bertz CT molecular complexity index is 563. The molecule has 184 valence electrons. The van der Waals surface area contributed by atoms with Crippen molar-refractivity contribution in [3.05, 3.63) is 35.9 Å². The summed E-state index contributed by atoms with van der Waals surface area (Å²) in [5.41, 5.74) is 1.43. The van der Waals surface area contributed by atoms with Crippen LogP contribution in [-0.4, -0.2) is 117 Å². The van der Waals surface area contributed by atoms with Gasteiger partial charge in [0, 0.05) is 97.2 Å². The lowest BCUT2D eigenvalue weighted by atomic mass is 10.2. The third-order valence-corrected chi connectivity index (χ3v) is 6.27. The molecule has 0 unspecified atom stereocenters. The predicted molar refractivity (Wildman–Crippen MR) is 138 cm³/mol. The fourth-order valence-corrected chi connectivity index (χ4v) is 4.11. The van der Waals surface area contributed by atoms with Crippen LogP contribution in [0.1, 0.15) is 33.3 Å². The zero-order valence-electron chi connectivity index (χ0n) is 21.5. The molecule has 0 amide bonds. The van der Waals surface area contributed by atoms with Gasteiger partial charge in [-0.15, -0.1) is 0 Å². The molecule has 6 nitrogen and oxygen atoms in total. The quantitative estimate of drug-likeness (QED) is 0.573. The van der Waals surface area contributed by atoms with Crippen molar-refractivity contribution in [2.24, 2.45) is 0 Å². The molecule has 1 aromatic carbocycles. The van der Waals surface area contributed by atoms with Crippen molar-refractivity contribution in [1.82, 2.24) is 30.2 Å². The van der Waals surface area contributed by atoms with Crippen molar-refractivity contribution < 1.29 is 0 Å². The third-order valence-electron chi connectivity index (χ3n) is 6.27. The van der Waals surface area contributed by atoms with Gasteiger partial charge in [0.15, 0.2) is 0 Å². The van der Waals surface area contributed by atoms with E-state index < -0.39 is 0 Å². The standard InChI is InChI=1S/C16H27N3.C10H23N3/c1-15(2)17-8-9-18-10-12-19(13-11-18)14-16-6-4-3-5-7-16;1-10(2)11-4-5-13-8-6-12(3)7-9-13/h3-7,15,17H,8-14H2,1-2H3;10-11H,4-9H2,1-3H3. The normalized spacial score (nSPS) is 19.3. The van der Waals surface area contributed by atoms with E-state index in [9.17, 15) is 0 Å². The van der Waals surface area contributed by atoms with Crippen LogP contribution in [0.25, 0.3) is 0 Å². The molecule has 2 saturated heterocycles. The van der Waals surface area contributed by atoms with E-state index in [1.54, 1.807) is 0 Å². The van der Waals surface area contributed by atoms with Crippen LogP contribution in [-0.2, 0) is 6.54 Å². The van der Waals surface area contributed by atoms with Crippen molar-refractivity contribution in [1.29, 1.82) is 0 Å². The summed E-state index contributed by atoms with van der Waals surface area (Å²) < 4.78 is 0. The third kappa shape index (κ3) is 12.3. The number of nitrogens with one attached hydrogen (secondary N) is 2. The molecule has 2 N–H and O–H groups in total. The summed E-state index contributed by atoms with van der Waals surface area (Å²) in [5, 5.41) is 6.94. The summed E-state index contributed by atoms with van der Waals surface area (Å²) in [7, 11) is 2.20. The van der Waals surface area contributed by atoms with Crippen molar-refractivity contribution >= 4 is 0 Å². The van der Waals surface area contributed by atoms with Crippen LogP contribution in [0, 0.1) is 0 Å². The Labute approximate surface area is 198 Å². The summed E-state index contributed by atoms with van der Waals surface area (Å²) in [6, 6.07) is 12.0. The lowest BCUT2D eigenvalue weighted by molar-refractivity contribution is 0.127. The molecule has 0 aliphatic carbocycles. The van der Waals surface area contributed by atoms with Gasteiger partial charge in [-0.2, -0.15) is 0 Å². The van der Waals surface area contributed by atoms with Crippen LogP contribution >= 0.6 is 0 Å². The fraction of sp³-hybridized carbons (Fsp3) is 0.769. The minimum absolute atomic E-state index is 0.597. The lowest BCUT2D eigenvalue weighted by Gasteiger charge is -2.34. The number of nitrogens with zero attached hydrogens (tertiary/aromatic N) is 4. The molecule has 0 bridgehead atoms. The Hall–Kier alpha value is -1.02. The van der Waals surface area contributed by atoms with Crippen LogP contribution in [0.4, 0.5) is 0 Å². The second-order valence-corrected chi connectivity index (χ2v) is 9.97. The molecule has 0 aromatic heterocycles. The molecule has 0 atom stereocenters. The zero-order chi connectivity index (χ0) is 23.2. The van der Waals surface area contributed by atoms with Gasteiger partial charge in [-0.1, -0.05) is 58.0 Å². The first-order valence-electron chi connectivity index (χ1n) is 12.8. The first-order valence-corrected chi connectivity index (χ1v) is 12.8. The van der Waals surface area contributed by atoms with Crippen molar-refractivity contribution in [3.8, 4) is 0 Å². The van der Waals surface area contributed by atoms with Crippen molar-refractivity contribution in [3.63, 3.8) is 0 Å². The summed E-state index contributed by atoms with van der Waals surface area (Å²) >= 11 is 0. The van der Waals surface area contributed by atoms with Crippen LogP contribution in [0.15, 0.2) is 30.3 Å². The molecule has 0 radical (unpaired) electrons. The SMILES string of the molecule is CC(C)NCCN1CCN(C)CC1.CC(C)NCCN1CCN(Cc2ccccc2)CC1. The summed E-state index contributed by atoms with van der Waals surface area (Å²) in [6.45, 7) is 24.2. The molecule has 0 spiro atoms. The van der Waals surface area contributed by atoms with E-state index in [4.69, 9.17) is 0 Å². The average molecular weight is 447 g/mol. The fourth-order valence-electron chi connectivity index (χ4n) is 4.11. The van der Waals surface area contributed by atoms with E-state index in [-0.39, 0.29) is 0 Å². The zero-order valence-corrected chi connectivity index (χ0v) is 21.5. The van der Waals surface area contributed by atoms with Crippen molar-refractivity contribution in [2.45, 2.75) is 46.3 Å². The number of hydrogen-bond acceptors (Lipinski definition) is 6. The molecule has 2 aliphatic rings. The predicted octanol–water partition coefficient (Wildman–Crippen LogP) is 2.03. The van der Waals surface area contributed by atoms with Crippen LogP contribution < -0.4 is 10.6 Å². The van der Waals surface area contributed by atoms with Crippen LogP contribution in [0.5, 0.6) is 0 Å². The number of rotatable bonds is 10. The monoisotopic (exact) mass is 446 g/mol. The van der Waals surface area contributed by atoms with E-state index >= 15 is 0 Å². The molecule has 3 rings (SSSR count). The second kappa shape index (κ2) is 15.8. The Morgan fingerprint density at radius 1 is 0.656 bits per heavy atom. The number of likely N-dealkylation sites (N-methyl/N-ethyl adjacent to an activating group) is 1. The molecule has 2 fully saturated rings. The summed E-state index contributed by atoms with van der Waals surface area (Å²) in [6.07, 6.45) is 0. The molecule has 2 heterocycles. The van der Waals surface area contributed by atoms with E-state index in [1.807, 2.05) is 0 Å². The number of benzene rings is 1. The summed E-state index contributed by atoms with van der Waals surface area (Å²) in [4.78, 5) is 10.1. The Morgan fingerprint density at radius 2 is 1.09 bits per heavy atom. The highest BCUT2D eigenvalue weighted by Gasteiger charge is 2.16. The number of hydrogen-bond donors (Lipinski definition) is 2. The van der Waals surface area contributed by atoms with Gasteiger partial charge in [0.25, 0.3) is 0 Å². The van der Waals surface area contributed by atoms with E-state index in [2.05, 4.69) is 95.3 Å². The average Bonchev–Trinajstić information content (AvgIpc) is 2.77. The Morgan fingerprint density at radius 3 is 1.56 bits per heavy atom.